The molecule has 0 saturated carbocycles. The minimum atomic E-state index is -0.416. The second kappa shape index (κ2) is 11.8. The van der Waals surface area contributed by atoms with Crippen LogP contribution in [0.5, 0.6) is 0 Å². The van der Waals surface area contributed by atoms with Crippen molar-refractivity contribution in [2.45, 2.75) is 26.2 Å². The van der Waals surface area contributed by atoms with Crippen LogP contribution in [-0.4, -0.2) is 9.13 Å². The second-order valence-corrected chi connectivity index (χ2v) is 15.4. The lowest BCUT2D eigenvalue weighted by Crippen LogP contribution is -2.10. The summed E-state index contributed by atoms with van der Waals surface area (Å²) in [5.41, 5.74) is 12.1. The van der Waals surface area contributed by atoms with Gasteiger partial charge in [0.25, 0.3) is 0 Å². The Kier molecular flexibility index (Phi) is 5.78. The van der Waals surface area contributed by atoms with Gasteiger partial charge in [-0.25, -0.2) is 0 Å². The molecule has 0 aliphatic carbocycles. The van der Waals surface area contributed by atoms with Crippen molar-refractivity contribution >= 4 is 65.6 Å². The average molecular weight is 712 g/mol. The van der Waals surface area contributed by atoms with E-state index in [0.717, 1.165) is 55.2 Å². The van der Waals surface area contributed by atoms with Crippen molar-refractivity contribution in [3.8, 4) is 33.6 Å². The second-order valence-electron chi connectivity index (χ2n) is 15.4. The minimum absolute atomic E-state index is 0.0777. The maximum atomic E-state index is 8.75. The Hall–Kier alpha value is -6.84. The van der Waals surface area contributed by atoms with Crippen LogP contribution >= 0.6 is 0 Å². The molecule has 0 saturated heterocycles. The smallest absolute Gasteiger partial charge is 0.136 e. The molecule has 0 aliphatic heterocycles. The summed E-state index contributed by atoms with van der Waals surface area (Å²) in [5.74, 6) is 0. The standard InChI is InChI=1S/C52H38N2O/c1-52(2,3)36-22-24-37(25-23-36)53-45-17-9-7-14-40(45)42-30-34(20-27-47(42)53)35-21-28-48-43(31-35)41-15-8-10-18-46(41)54(48)38-26-29-49-44(32-38)51-39(16-11-19-50(51)55-49)33-12-5-4-6-13-33/h4-32H,1-3H3/i4D,5D,6D,12D,13D. The zero-order chi connectivity index (χ0) is 41.2. The Morgan fingerprint density at radius 1 is 0.455 bits per heavy atom. The number of fused-ring (bicyclic) bond motifs is 9. The summed E-state index contributed by atoms with van der Waals surface area (Å²) in [5, 5.41) is 6.17. The number of nitrogens with zero attached hydrogens (tertiary/aromatic N) is 2. The molecule has 0 bridgehead atoms. The Labute approximate surface area is 326 Å². The van der Waals surface area contributed by atoms with Gasteiger partial charge in [0.2, 0.25) is 0 Å². The van der Waals surface area contributed by atoms with Gasteiger partial charge in [0.05, 0.1) is 28.9 Å². The molecule has 0 unspecified atom stereocenters. The molecular weight excluding hydrogens is 669 g/mol. The molecule has 0 spiro atoms. The molecule has 3 nitrogen and oxygen atoms in total. The van der Waals surface area contributed by atoms with Crippen LogP contribution in [0.4, 0.5) is 0 Å². The number of furan rings is 1. The van der Waals surface area contributed by atoms with Gasteiger partial charge in [0.15, 0.2) is 0 Å². The number of aromatic nitrogens is 2. The molecule has 55 heavy (non-hydrogen) atoms. The van der Waals surface area contributed by atoms with Crippen molar-refractivity contribution in [3.63, 3.8) is 0 Å². The Bertz CT molecular complexity index is 3560. The largest absolute Gasteiger partial charge is 0.456 e. The Morgan fingerprint density at radius 3 is 1.67 bits per heavy atom. The molecule has 3 heteroatoms. The van der Waals surface area contributed by atoms with Gasteiger partial charge in [0.1, 0.15) is 11.2 Å². The summed E-state index contributed by atoms with van der Waals surface area (Å²) in [6, 6.07) is 49.4. The van der Waals surface area contributed by atoms with Crippen molar-refractivity contribution in [2.24, 2.45) is 0 Å². The molecule has 8 aromatic carbocycles. The molecule has 0 N–H and O–H groups in total. The van der Waals surface area contributed by atoms with Crippen molar-refractivity contribution in [1.29, 1.82) is 0 Å². The lowest BCUT2D eigenvalue weighted by atomic mass is 9.87. The summed E-state index contributed by atoms with van der Waals surface area (Å²) in [4.78, 5) is 0. The molecule has 0 aliphatic rings. The summed E-state index contributed by atoms with van der Waals surface area (Å²) in [6.07, 6.45) is 0. The highest BCUT2D eigenvalue weighted by Gasteiger charge is 2.19. The van der Waals surface area contributed by atoms with E-state index in [0.29, 0.717) is 22.1 Å². The van der Waals surface area contributed by atoms with Gasteiger partial charge in [-0.1, -0.05) is 124 Å². The molecule has 0 atom stereocenters. The maximum absolute atomic E-state index is 8.75. The van der Waals surface area contributed by atoms with E-state index in [2.05, 4.69) is 151 Å². The van der Waals surface area contributed by atoms with E-state index in [-0.39, 0.29) is 35.1 Å². The highest BCUT2D eigenvalue weighted by Crippen LogP contribution is 2.41. The van der Waals surface area contributed by atoms with Crippen molar-refractivity contribution < 1.29 is 11.3 Å². The van der Waals surface area contributed by atoms with Gasteiger partial charge in [-0.05, 0) is 106 Å². The zero-order valence-corrected chi connectivity index (χ0v) is 30.7. The Balaban J connectivity index is 1.07. The predicted molar refractivity (Wildman–Crippen MR) is 232 cm³/mol. The molecular formula is C52H38N2O. The molecule has 11 aromatic rings. The number of hydrogen-bond donors (Lipinski definition) is 0. The minimum Gasteiger partial charge on any atom is -0.456 e. The first-order valence-electron chi connectivity index (χ1n) is 21.2. The van der Waals surface area contributed by atoms with E-state index in [9.17, 15) is 0 Å². The van der Waals surface area contributed by atoms with E-state index in [1.807, 2.05) is 12.1 Å². The first-order valence-corrected chi connectivity index (χ1v) is 18.7. The van der Waals surface area contributed by atoms with Gasteiger partial charge >= 0.3 is 0 Å². The summed E-state index contributed by atoms with van der Waals surface area (Å²) in [6.45, 7) is 6.73. The first-order chi connectivity index (χ1) is 29.0. The van der Waals surface area contributed by atoms with Crippen LogP contribution in [0.1, 0.15) is 33.2 Å². The van der Waals surface area contributed by atoms with Crippen molar-refractivity contribution in [3.05, 3.63) is 181 Å². The maximum Gasteiger partial charge on any atom is 0.136 e. The zero-order valence-electron chi connectivity index (χ0n) is 35.7. The fourth-order valence-corrected chi connectivity index (χ4v) is 8.52. The highest BCUT2D eigenvalue weighted by molar-refractivity contribution is 6.15. The predicted octanol–water partition coefficient (Wildman–Crippen LogP) is 14.4. The highest BCUT2D eigenvalue weighted by atomic mass is 16.3. The van der Waals surface area contributed by atoms with Gasteiger partial charge < -0.3 is 13.6 Å². The van der Waals surface area contributed by atoms with Crippen LogP contribution in [0.3, 0.4) is 0 Å². The third-order valence-corrected chi connectivity index (χ3v) is 11.2. The number of benzene rings is 8. The van der Waals surface area contributed by atoms with E-state index >= 15 is 0 Å². The third kappa shape index (κ3) is 4.90. The monoisotopic (exact) mass is 711 g/mol. The lowest BCUT2D eigenvalue weighted by Gasteiger charge is -2.19. The third-order valence-electron chi connectivity index (χ3n) is 11.2. The number of rotatable bonds is 4. The summed E-state index contributed by atoms with van der Waals surface area (Å²) >= 11 is 0. The van der Waals surface area contributed by atoms with Crippen LogP contribution in [0, 0.1) is 0 Å². The number of para-hydroxylation sites is 2. The van der Waals surface area contributed by atoms with Crippen molar-refractivity contribution in [1.82, 2.24) is 9.13 Å². The topological polar surface area (TPSA) is 23.0 Å². The van der Waals surface area contributed by atoms with Gasteiger partial charge in [0, 0.05) is 43.7 Å². The van der Waals surface area contributed by atoms with E-state index < -0.39 is 6.04 Å². The van der Waals surface area contributed by atoms with E-state index in [4.69, 9.17) is 11.3 Å². The summed E-state index contributed by atoms with van der Waals surface area (Å²) in [7, 11) is 0. The molecule has 11 rings (SSSR count). The molecule has 0 amide bonds. The van der Waals surface area contributed by atoms with Crippen molar-refractivity contribution in [2.75, 3.05) is 0 Å². The van der Waals surface area contributed by atoms with E-state index in [1.165, 1.54) is 21.9 Å². The normalized spacial score (nSPS) is 13.5. The molecule has 0 fully saturated rings. The fraction of sp³-hybridized carbons (Fsp3) is 0.0769. The average Bonchev–Trinajstić information content (AvgIpc) is 3.92. The van der Waals surface area contributed by atoms with Gasteiger partial charge in [-0.3, -0.25) is 0 Å². The van der Waals surface area contributed by atoms with Gasteiger partial charge in [-0.2, -0.15) is 0 Å². The Morgan fingerprint density at radius 2 is 1.04 bits per heavy atom. The van der Waals surface area contributed by atoms with Gasteiger partial charge in [-0.15, -0.1) is 0 Å². The van der Waals surface area contributed by atoms with Crippen LogP contribution in [0.25, 0.3) is 99.2 Å². The SMILES string of the molecule is [2H]c1c([2H])c([2H])c(-c2cccc3oc4ccc(-n5c6ccccc6c6cc(-c7ccc8c(c7)c7ccccc7n8-c7ccc(C(C)(C)C)cc7)ccc65)cc4c23)c([2H])c1[2H]. The van der Waals surface area contributed by atoms with Crippen LogP contribution in [0.15, 0.2) is 180 Å². The van der Waals surface area contributed by atoms with Crippen LogP contribution < -0.4 is 0 Å². The fourth-order valence-electron chi connectivity index (χ4n) is 8.52. The summed E-state index contributed by atoms with van der Waals surface area (Å²) < 4.78 is 53.3. The molecule has 262 valence electrons. The molecule has 3 heterocycles. The van der Waals surface area contributed by atoms with Crippen LogP contribution in [0.2, 0.25) is 0 Å². The van der Waals surface area contributed by atoms with Crippen LogP contribution in [-0.2, 0) is 5.41 Å². The first kappa shape index (κ1) is 26.9. The lowest BCUT2D eigenvalue weighted by molar-refractivity contribution is 0.590. The molecule has 0 radical (unpaired) electrons. The van der Waals surface area contributed by atoms with E-state index in [1.54, 1.807) is 12.1 Å². The number of hydrogen-bond acceptors (Lipinski definition) is 1. The quantitative estimate of drug-likeness (QED) is 0.178. The molecule has 3 aromatic heterocycles.